The minimum atomic E-state index is -1.02. The molecule has 0 unspecified atom stereocenters. The Morgan fingerprint density at radius 1 is 0.776 bits per heavy atom. The van der Waals surface area contributed by atoms with Gasteiger partial charge in [-0.05, 0) is 67.9 Å². The number of halogens is 1. The number of rotatable bonds is 8. The summed E-state index contributed by atoms with van der Waals surface area (Å²) < 4.78 is 0. The lowest BCUT2D eigenvalue weighted by atomic mass is 9.88. The van der Waals surface area contributed by atoms with Crippen LogP contribution in [0.25, 0.3) is 32.7 Å². The van der Waals surface area contributed by atoms with E-state index in [1.54, 1.807) is 18.2 Å². The van der Waals surface area contributed by atoms with Gasteiger partial charge in [0.05, 0.1) is 17.9 Å². The maximum absolute atomic E-state index is 14.0. The fraction of sp³-hybridized carbons (Fsp3) is 0.167. The molecule has 0 fully saturated rings. The number of hydrogen-bond donors (Lipinski definition) is 2. The largest absolute Gasteiger partial charge is 0.480 e. The summed E-state index contributed by atoms with van der Waals surface area (Å²) in [5.41, 5.74) is 7.02. The maximum atomic E-state index is 14.0. The fourth-order valence-electron chi connectivity index (χ4n) is 6.88. The van der Waals surface area contributed by atoms with Gasteiger partial charge in [0.2, 0.25) is 5.91 Å². The van der Waals surface area contributed by atoms with E-state index in [-0.39, 0.29) is 18.4 Å². The van der Waals surface area contributed by atoms with Crippen molar-refractivity contribution in [1.29, 1.82) is 0 Å². The van der Waals surface area contributed by atoms with E-state index < -0.39 is 12.0 Å². The summed E-state index contributed by atoms with van der Waals surface area (Å²) in [6.45, 7) is 4.98. The number of aliphatic imine (C=N–C) groups is 1. The number of nitrogens with zero attached hydrogens (tertiary/aromatic N) is 2. The number of carboxylic acid groups (broad SMARTS) is 1. The molecule has 6 nitrogen and oxygen atoms in total. The van der Waals surface area contributed by atoms with Crippen molar-refractivity contribution in [1.82, 2.24) is 4.90 Å². The van der Waals surface area contributed by atoms with Crippen molar-refractivity contribution in [2.45, 2.75) is 33.0 Å². The van der Waals surface area contributed by atoms with Crippen LogP contribution in [-0.4, -0.2) is 40.2 Å². The van der Waals surface area contributed by atoms with Crippen molar-refractivity contribution >= 4 is 56.4 Å². The van der Waals surface area contributed by atoms with Crippen LogP contribution in [0.1, 0.15) is 36.1 Å². The van der Waals surface area contributed by atoms with E-state index >= 15 is 0 Å². The Morgan fingerprint density at radius 3 is 1.92 bits per heavy atom. The Balaban J connectivity index is 1.26. The van der Waals surface area contributed by atoms with Crippen LogP contribution in [0.4, 0.5) is 5.69 Å². The van der Waals surface area contributed by atoms with Crippen molar-refractivity contribution in [3.05, 3.63) is 149 Å². The van der Waals surface area contributed by atoms with Crippen LogP contribution in [0.2, 0.25) is 5.02 Å². The highest BCUT2D eigenvalue weighted by atomic mass is 35.5. The minimum absolute atomic E-state index is 0.141. The van der Waals surface area contributed by atoms with Gasteiger partial charge >= 0.3 is 5.97 Å². The summed E-state index contributed by atoms with van der Waals surface area (Å²) in [5, 5.41) is 18.3. The van der Waals surface area contributed by atoms with Gasteiger partial charge in [-0.1, -0.05) is 129 Å². The van der Waals surface area contributed by atoms with E-state index in [0.717, 1.165) is 5.56 Å². The first-order valence-corrected chi connectivity index (χ1v) is 16.8. The molecule has 0 saturated carbocycles. The smallest absolute Gasteiger partial charge is 0.328 e. The summed E-state index contributed by atoms with van der Waals surface area (Å²) in [6, 6.07) is 39.3. The van der Waals surface area contributed by atoms with Gasteiger partial charge in [0.25, 0.3) is 0 Å². The third-order valence-corrected chi connectivity index (χ3v) is 9.38. The molecular weight excluding hydrogens is 630 g/mol. The molecule has 0 aliphatic carbocycles. The Morgan fingerprint density at radius 2 is 1.35 bits per heavy atom. The van der Waals surface area contributed by atoms with Crippen LogP contribution < -0.4 is 5.32 Å². The number of carboxylic acids is 1. The molecule has 244 valence electrons. The molecule has 1 aliphatic heterocycles. The molecule has 49 heavy (non-hydrogen) atoms. The predicted octanol–water partition coefficient (Wildman–Crippen LogP) is 9.21. The zero-order chi connectivity index (χ0) is 34.1. The highest BCUT2D eigenvalue weighted by Gasteiger charge is 2.26. The Labute approximate surface area is 290 Å². The summed E-state index contributed by atoms with van der Waals surface area (Å²) in [6.07, 6.45) is 0. The number of benzene rings is 6. The van der Waals surface area contributed by atoms with Crippen molar-refractivity contribution in [3.8, 4) is 11.1 Å². The maximum Gasteiger partial charge on any atom is 0.328 e. The van der Waals surface area contributed by atoms with Crippen LogP contribution in [0.15, 0.2) is 126 Å². The molecule has 1 atom stereocenters. The molecule has 7 rings (SSSR count). The van der Waals surface area contributed by atoms with Gasteiger partial charge < -0.3 is 10.4 Å². The number of anilines is 1. The highest BCUT2D eigenvalue weighted by Crippen LogP contribution is 2.42. The standard InChI is InChI=1S/C42H36ClN3O3/c1-26(2)40(42(48)49)45-41(29-12-4-3-5-13-29)35-22-32(43)20-21-36(35)44-37(47)25-46-23-30-18-16-27-10-6-8-14-33(27)38(30)39-31(24-46)19-17-28-11-7-9-15-34(28)39/h3-22,26,40H,23-25H2,1-2H3,(H,44,47)(H,48,49)/t40-/m1/s1. The number of carbonyl (C=O) groups is 2. The second-order valence-electron chi connectivity index (χ2n) is 12.9. The number of amides is 1. The summed E-state index contributed by atoms with van der Waals surface area (Å²) >= 11 is 6.51. The number of hydrogen-bond acceptors (Lipinski definition) is 4. The minimum Gasteiger partial charge on any atom is -0.480 e. The quantitative estimate of drug-likeness (QED) is 0.159. The molecule has 0 bridgehead atoms. The Kier molecular flexibility index (Phi) is 9.00. The normalized spacial score (nSPS) is 13.9. The van der Waals surface area contributed by atoms with Gasteiger partial charge in [-0.15, -0.1) is 0 Å². The van der Waals surface area contributed by atoms with E-state index in [2.05, 4.69) is 83.0 Å². The SMILES string of the molecule is CC(C)[C@@H](N=C(c1ccccc1)c1cc(Cl)ccc1NC(=O)CN1Cc2ccc3ccccc3c2-c2c(ccc3ccccc23)C1)C(=O)O. The number of carbonyl (C=O) groups excluding carboxylic acids is 1. The third-order valence-electron chi connectivity index (χ3n) is 9.15. The van der Waals surface area contributed by atoms with Gasteiger partial charge in [-0.25, -0.2) is 4.79 Å². The Hall–Kier alpha value is -5.30. The van der Waals surface area contributed by atoms with Gasteiger partial charge in [-0.3, -0.25) is 14.7 Å². The molecule has 6 aromatic carbocycles. The first-order chi connectivity index (χ1) is 23.8. The van der Waals surface area contributed by atoms with Crippen LogP contribution in [0.5, 0.6) is 0 Å². The first-order valence-electron chi connectivity index (χ1n) is 16.5. The van der Waals surface area contributed by atoms with Gasteiger partial charge in [-0.2, -0.15) is 0 Å². The molecule has 1 aliphatic rings. The third kappa shape index (κ3) is 6.58. The van der Waals surface area contributed by atoms with E-state index in [1.807, 2.05) is 44.2 Å². The van der Waals surface area contributed by atoms with Crippen LogP contribution in [0, 0.1) is 5.92 Å². The highest BCUT2D eigenvalue weighted by molar-refractivity contribution is 6.31. The monoisotopic (exact) mass is 665 g/mol. The van der Waals surface area contributed by atoms with Crippen molar-refractivity contribution in [3.63, 3.8) is 0 Å². The second-order valence-corrected chi connectivity index (χ2v) is 13.3. The van der Waals surface area contributed by atoms with E-state index in [9.17, 15) is 14.7 Å². The predicted molar refractivity (Wildman–Crippen MR) is 199 cm³/mol. The zero-order valence-corrected chi connectivity index (χ0v) is 28.1. The van der Waals surface area contributed by atoms with Crippen LogP contribution in [-0.2, 0) is 22.7 Å². The topological polar surface area (TPSA) is 82.0 Å². The van der Waals surface area contributed by atoms with Gasteiger partial charge in [0.15, 0.2) is 0 Å². The summed E-state index contributed by atoms with van der Waals surface area (Å²) in [4.78, 5) is 33.1. The molecule has 6 aromatic rings. The van der Waals surface area contributed by atoms with Crippen LogP contribution in [0.3, 0.4) is 0 Å². The van der Waals surface area contributed by atoms with Gasteiger partial charge in [0.1, 0.15) is 6.04 Å². The first kappa shape index (κ1) is 32.3. The fourth-order valence-corrected chi connectivity index (χ4v) is 7.05. The molecule has 0 saturated heterocycles. The molecular formula is C42H36ClN3O3. The molecule has 7 heteroatoms. The molecule has 0 spiro atoms. The number of fused-ring (bicyclic) bond motifs is 7. The lowest BCUT2D eigenvalue weighted by molar-refractivity contribution is -0.139. The lowest BCUT2D eigenvalue weighted by Crippen LogP contribution is -2.32. The lowest BCUT2D eigenvalue weighted by Gasteiger charge is -2.22. The molecule has 1 heterocycles. The second kappa shape index (κ2) is 13.7. The molecule has 0 aromatic heterocycles. The van der Waals surface area contributed by atoms with Crippen molar-refractivity contribution in [2.75, 3.05) is 11.9 Å². The molecule has 2 N–H and O–H groups in total. The Bertz CT molecular complexity index is 2160. The summed E-state index contributed by atoms with van der Waals surface area (Å²) in [7, 11) is 0. The summed E-state index contributed by atoms with van der Waals surface area (Å²) in [5.74, 6) is -1.46. The van der Waals surface area contributed by atoms with E-state index in [4.69, 9.17) is 16.6 Å². The molecule has 1 amide bonds. The van der Waals surface area contributed by atoms with Gasteiger partial charge in [0, 0.05) is 29.2 Å². The van der Waals surface area contributed by atoms with Crippen LogP contribution >= 0.6 is 11.6 Å². The zero-order valence-electron chi connectivity index (χ0n) is 27.4. The number of nitrogens with one attached hydrogen (secondary N) is 1. The van der Waals surface area contributed by atoms with E-state index in [0.29, 0.717) is 35.1 Å². The molecule has 0 radical (unpaired) electrons. The van der Waals surface area contributed by atoms with E-state index in [1.165, 1.54) is 43.8 Å². The average molecular weight is 666 g/mol. The van der Waals surface area contributed by atoms with Crippen molar-refractivity contribution < 1.29 is 14.7 Å². The average Bonchev–Trinajstić information content (AvgIpc) is 3.26. The number of aliphatic carboxylic acids is 1. The van der Waals surface area contributed by atoms with Crippen molar-refractivity contribution in [2.24, 2.45) is 10.9 Å².